The number of nitrogens with zero attached hydrogens (tertiary/aromatic N) is 1. The second kappa shape index (κ2) is 9.74. The summed E-state index contributed by atoms with van der Waals surface area (Å²) in [4.78, 5) is 27.0. The fourth-order valence-corrected chi connectivity index (χ4v) is 3.30. The topological polar surface area (TPSA) is 58.6 Å². The summed E-state index contributed by atoms with van der Waals surface area (Å²) in [6.07, 6.45) is 0. The quantitative estimate of drug-likeness (QED) is 0.606. The SMILES string of the molecule is CCN(C(=O)c1cccc(NC(=O)COc2cc(C)cc(C)c2)c1)c1ccccc1. The molecule has 0 saturated carbocycles. The van der Waals surface area contributed by atoms with Crippen LogP contribution in [0.5, 0.6) is 5.75 Å². The number of amides is 2. The first-order valence-corrected chi connectivity index (χ1v) is 9.94. The summed E-state index contributed by atoms with van der Waals surface area (Å²) >= 11 is 0. The highest BCUT2D eigenvalue weighted by Crippen LogP contribution is 2.19. The largest absolute Gasteiger partial charge is 0.484 e. The van der Waals surface area contributed by atoms with Gasteiger partial charge in [-0.3, -0.25) is 9.59 Å². The third-order valence-corrected chi connectivity index (χ3v) is 4.59. The van der Waals surface area contributed by atoms with E-state index in [4.69, 9.17) is 4.74 Å². The second-order valence-corrected chi connectivity index (χ2v) is 7.13. The van der Waals surface area contributed by atoms with Gasteiger partial charge in [0.05, 0.1) is 0 Å². The number of hydrogen-bond donors (Lipinski definition) is 1. The Morgan fingerprint density at radius 3 is 2.27 bits per heavy atom. The molecule has 0 heterocycles. The number of rotatable bonds is 7. The van der Waals surface area contributed by atoms with E-state index in [0.29, 0.717) is 23.5 Å². The molecule has 3 aromatic rings. The van der Waals surface area contributed by atoms with Crippen molar-refractivity contribution in [3.8, 4) is 5.75 Å². The molecule has 5 nitrogen and oxygen atoms in total. The number of carbonyl (C=O) groups is 2. The molecule has 154 valence electrons. The number of hydrogen-bond acceptors (Lipinski definition) is 3. The van der Waals surface area contributed by atoms with Gasteiger partial charge in [0, 0.05) is 23.5 Å². The molecule has 5 heteroatoms. The number of para-hydroxylation sites is 1. The highest BCUT2D eigenvalue weighted by atomic mass is 16.5. The van der Waals surface area contributed by atoms with E-state index in [1.165, 1.54) is 0 Å². The lowest BCUT2D eigenvalue weighted by molar-refractivity contribution is -0.118. The molecule has 0 bridgehead atoms. The van der Waals surface area contributed by atoms with Gasteiger partial charge < -0.3 is 15.0 Å². The zero-order chi connectivity index (χ0) is 21.5. The average molecular weight is 402 g/mol. The van der Waals surface area contributed by atoms with Crippen LogP contribution >= 0.6 is 0 Å². The molecule has 30 heavy (non-hydrogen) atoms. The maximum Gasteiger partial charge on any atom is 0.262 e. The van der Waals surface area contributed by atoms with E-state index in [-0.39, 0.29) is 18.4 Å². The minimum absolute atomic E-state index is 0.105. The average Bonchev–Trinajstić information content (AvgIpc) is 2.73. The first-order valence-electron chi connectivity index (χ1n) is 9.94. The van der Waals surface area contributed by atoms with Crippen molar-refractivity contribution in [1.82, 2.24) is 0 Å². The molecule has 0 fully saturated rings. The number of nitrogens with one attached hydrogen (secondary N) is 1. The van der Waals surface area contributed by atoms with Gasteiger partial charge in [-0.1, -0.05) is 30.3 Å². The van der Waals surface area contributed by atoms with Crippen molar-refractivity contribution in [1.29, 1.82) is 0 Å². The van der Waals surface area contributed by atoms with Crippen LogP contribution in [0, 0.1) is 13.8 Å². The standard InChI is InChI=1S/C25H26N2O3/c1-4-27(22-11-6-5-7-12-22)25(29)20-9-8-10-21(16-20)26-24(28)17-30-23-14-18(2)13-19(3)15-23/h5-16H,4,17H2,1-3H3,(H,26,28). The molecule has 0 spiro atoms. The fraction of sp³-hybridized carbons (Fsp3) is 0.200. The van der Waals surface area contributed by atoms with Crippen molar-refractivity contribution < 1.29 is 14.3 Å². The minimum Gasteiger partial charge on any atom is -0.484 e. The van der Waals surface area contributed by atoms with Crippen LogP contribution in [-0.2, 0) is 4.79 Å². The summed E-state index contributed by atoms with van der Waals surface area (Å²) in [6.45, 7) is 6.34. The van der Waals surface area contributed by atoms with E-state index in [1.807, 2.05) is 69.3 Å². The Morgan fingerprint density at radius 2 is 1.60 bits per heavy atom. The van der Waals surface area contributed by atoms with Crippen molar-refractivity contribution in [2.75, 3.05) is 23.4 Å². The van der Waals surface area contributed by atoms with Crippen molar-refractivity contribution >= 4 is 23.2 Å². The van der Waals surface area contributed by atoms with Gasteiger partial charge in [0.1, 0.15) is 5.75 Å². The number of carbonyl (C=O) groups excluding carboxylic acids is 2. The van der Waals surface area contributed by atoms with E-state index < -0.39 is 0 Å². The molecule has 0 aliphatic rings. The van der Waals surface area contributed by atoms with Crippen LogP contribution < -0.4 is 15.0 Å². The Labute approximate surface area is 177 Å². The first-order chi connectivity index (χ1) is 14.5. The maximum absolute atomic E-state index is 13.0. The summed E-state index contributed by atoms with van der Waals surface area (Å²) in [5.41, 5.74) is 4.06. The van der Waals surface area contributed by atoms with Crippen molar-refractivity contribution in [3.63, 3.8) is 0 Å². The van der Waals surface area contributed by atoms with Gasteiger partial charge in [0.25, 0.3) is 11.8 Å². The summed E-state index contributed by atoms with van der Waals surface area (Å²) in [5, 5.41) is 2.80. The summed E-state index contributed by atoms with van der Waals surface area (Å²) in [7, 11) is 0. The molecule has 2 amide bonds. The minimum atomic E-state index is -0.283. The third-order valence-electron chi connectivity index (χ3n) is 4.59. The van der Waals surface area contributed by atoms with E-state index in [1.54, 1.807) is 29.2 Å². The highest BCUT2D eigenvalue weighted by molar-refractivity contribution is 6.07. The van der Waals surface area contributed by atoms with E-state index >= 15 is 0 Å². The van der Waals surface area contributed by atoms with Crippen LogP contribution in [0.2, 0.25) is 0 Å². The van der Waals surface area contributed by atoms with Crippen LogP contribution in [-0.4, -0.2) is 25.0 Å². The molecule has 0 aromatic heterocycles. The molecule has 3 rings (SSSR count). The van der Waals surface area contributed by atoms with Gasteiger partial charge in [0.2, 0.25) is 0 Å². The van der Waals surface area contributed by atoms with Crippen LogP contribution in [0.4, 0.5) is 11.4 Å². The van der Waals surface area contributed by atoms with Crippen molar-refractivity contribution in [3.05, 3.63) is 89.5 Å². The Hall–Kier alpha value is -3.60. The van der Waals surface area contributed by atoms with Gasteiger partial charge in [-0.25, -0.2) is 0 Å². The van der Waals surface area contributed by atoms with E-state index in [2.05, 4.69) is 5.32 Å². The Morgan fingerprint density at radius 1 is 0.900 bits per heavy atom. The Balaban J connectivity index is 1.66. The normalized spacial score (nSPS) is 10.4. The molecular formula is C25H26N2O3. The molecule has 0 atom stereocenters. The summed E-state index contributed by atoms with van der Waals surface area (Å²) in [6, 6.07) is 22.3. The number of benzene rings is 3. The highest BCUT2D eigenvalue weighted by Gasteiger charge is 2.16. The molecule has 0 radical (unpaired) electrons. The first kappa shape index (κ1) is 21.1. The number of aryl methyl sites for hydroxylation is 2. The zero-order valence-electron chi connectivity index (χ0n) is 17.5. The summed E-state index contributed by atoms with van der Waals surface area (Å²) in [5.74, 6) is 0.258. The Bertz CT molecular complexity index is 1010. The van der Waals surface area contributed by atoms with E-state index in [9.17, 15) is 9.59 Å². The van der Waals surface area contributed by atoms with Crippen molar-refractivity contribution in [2.45, 2.75) is 20.8 Å². The van der Waals surface area contributed by atoms with Gasteiger partial charge in [0.15, 0.2) is 6.61 Å². The number of ether oxygens (including phenoxy) is 1. The van der Waals surface area contributed by atoms with Crippen LogP contribution in [0.1, 0.15) is 28.4 Å². The molecule has 0 aliphatic carbocycles. The lowest BCUT2D eigenvalue weighted by Gasteiger charge is -2.21. The van der Waals surface area contributed by atoms with Gasteiger partial charge in [-0.15, -0.1) is 0 Å². The lowest BCUT2D eigenvalue weighted by Crippen LogP contribution is -2.30. The van der Waals surface area contributed by atoms with Crippen molar-refractivity contribution in [2.24, 2.45) is 0 Å². The van der Waals surface area contributed by atoms with Gasteiger partial charge in [-0.2, -0.15) is 0 Å². The molecule has 3 aromatic carbocycles. The van der Waals surface area contributed by atoms with Gasteiger partial charge in [-0.05, 0) is 74.4 Å². The van der Waals surface area contributed by atoms with Crippen LogP contribution in [0.3, 0.4) is 0 Å². The molecule has 1 N–H and O–H groups in total. The molecule has 0 aliphatic heterocycles. The summed E-state index contributed by atoms with van der Waals surface area (Å²) < 4.78 is 5.61. The van der Waals surface area contributed by atoms with E-state index in [0.717, 1.165) is 16.8 Å². The molecular weight excluding hydrogens is 376 g/mol. The molecule has 0 saturated heterocycles. The third kappa shape index (κ3) is 5.47. The van der Waals surface area contributed by atoms with Crippen LogP contribution in [0.25, 0.3) is 0 Å². The predicted molar refractivity (Wildman–Crippen MR) is 120 cm³/mol. The predicted octanol–water partition coefficient (Wildman–Crippen LogP) is 4.99. The molecule has 0 unspecified atom stereocenters. The number of anilines is 2. The maximum atomic E-state index is 13.0. The van der Waals surface area contributed by atoms with Gasteiger partial charge >= 0.3 is 0 Å². The lowest BCUT2D eigenvalue weighted by atomic mass is 10.1. The zero-order valence-corrected chi connectivity index (χ0v) is 17.5. The Kier molecular flexibility index (Phi) is 6.86. The fourth-order valence-electron chi connectivity index (χ4n) is 3.30. The van der Waals surface area contributed by atoms with Crippen LogP contribution in [0.15, 0.2) is 72.8 Å². The smallest absolute Gasteiger partial charge is 0.262 e. The second-order valence-electron chi connectivity index (χ2n) is 7.13. The monoisotopic (exact) mass is 402 g/mol.